The van der Waals surface area contributed by atoms with Crippen molar-refractivity contribution in [2.24, 2.45) is 5.92 Å². The van der Waals surface area contributed by atoms with E-state index in [-0.39, 0.29) is 11.7 Å². The van der Waals surface area contributed by atoms with Gasteiger partial charge in [-0.05, 0) is 18.9 Å². The van der Waals surface area contributed by atoms with Gasteiger partial charge in [0.05, 0.1) is 6.54 Å². The average Bonchev–Trinajstić information content (AvgIpc) is 3.34. The summed E-state index contributed by atoms with van der Waals surface area (Å²) >= 11 is 0. The third kappa shape index (κ3) is 2.88. The third-order valence-electron chi connectivity index (χ3n) is 4.87. The molecule has 1 aromatic carbocycles. The van der Waals surface area contributed by atoms with Crippen molar-refractivity contribution < 1.29 is 9.59 Å². The first-order valence-corrected chi connectivity index (χ1v) is 8.33. The number of para-hydroxylation sites is 1. The van der Waals surface area contributed by atoms with Crippen LogP contribution in [0.2, 0.25) is 0 Å². The number of aromatic nitrogens is 1. The third-order valence-corrected chi connectivity index (χ3v) is 4.87. The van der Waals surface area contributed by atoms with Crippen molar-refractivity contribution in [3.8, 4) is 0 Å². The number of carbonyl (C=O) groups excluding carboxylic acids is 2. The van der Waals surface area contributed by atoms with Crippen molar-refractivity contribution in [2.75, 3.05) is 32.7 Å². The zero-order valence-electron chi connectivity index (χ0n) is 13.1. The van der Waals surface area contributed by atoms with Gasteiger partial charge >= 0.3 is 0 Å². The average molecular weight is 311 g/mol. The first kappa shape index (κ1) is 14.5. The van der Waals surface area contributed by atoms with Gasteiger partial charge in [0.25, 0.3) is 0 Å². The van der Waals surface area contributed by atoms with Gasteiger partial charge in [0.15, 0.2) is 5.78 Å². The van der Waals surface area contributed by atoms with Crippen molar-refractivity contribution in [3.05, 3.63) is 36.0 Å². The fourth-order valence-corrected chi connectivity index (χ4v) is 3.31. The zero-order valence-corrected chi connectivity index (χ0v) is 13.1. The standard InChI is InChI=1S/C18H21N3O2/c22-17(15-11-19-16-4-2-1-3-14(15)16)12-20-7-9-21(10-8-20)18(23)13-5-6-13/h1-4,11,13,19H,5-10,12H2. The second-order valence-corrected chi connectivity index (χ2v) is 6.55. The lowest BCUT2D eigenvalue weighted by molar-refractivity contribution is -0.134. The minimum atomic E-state index is 0.143. The van der Waals surface area contributed by atoms with Crippen molar-refractivity contribution in [3.63, 3.8) is 0 Å². The highest BCUT2D eigenvalue weighted by Crippen LogP contribution is 2.31. The normalized spacial score (nSPS) is 19.2. The van der Waals surface area contributed by atoms with Gasteiger partial charge in [-0.2, -0.15) is 0 Å². The summed E-state index contributed by atoms with van der Waals surface area (Å²) in [7, 11) is 0. The second kappa shape index (κ2) is 5.81. The molecule has 0 atom stereocenters. The van der Waals surface area contributed by atoms with Crippen molar-refractivity contribution >= 4 is 22.6 Å². The summed E-state index contributed by atoms with van der Waals surface area (Å²) in [5.41, 5.74) is 1.76. The van der Waals surface area contributed by atoms with Gasteiger partial charge in [0.1, 0.15) is 0 Å². The molecule has 0 radical (unpaired) electrons. The molecule has 1 saturated heterocycles. The molecule has 0 bridgehead atoms. The second-order valence-electron chi connectivity index (χ2n) is 6.55. The molecule has 5 nitrogen and oxygen atoms in total. The lowest BCUT2D eigenvalue weighted by Gasteiger charge is -2.34. The van der Waals surface area contributed by atoms with Gasteiger partial charge < -0.3 is 9.88 Å². The highest BCUT2D eigenvalue weighted by molar-refractivity contribution is 6.08. The van der Waals surface area contributed by atoms with Crippen molar-refractivity contribution in [2.45, 2.75) is 12.8 Å². The summed E-state index contributed by atoms with van der Waals surface area (Å²) < 4.78 is 0. The molecule has 0 spiro atoms. The van der Waals surface area contributed by atoms with Crippen molar-refractivity contribution in [1.82, 2.24) is 14.8 Å². The number of aromatic amines is 1. The Morgan fingerprint density at radius 2 is 1.83 bits per heavy atom. The zero-order chi connectivity index (χ0) is 15.8. The molecule has 1 amide bonds. The molecular formula is C18H21N3O2. The summed E-state index contributed by atoms with van der Waals surface area (Å²) in [6.45, 7) is 3.49. The lowest BCUT2D eigenvalue weighted by atomic mass is 10.1. The molecule has 120 valence electrons. The van der Waals surface area contributed by atoms with E-state index in [9.17, 15) is 9.59 Å². The highest BCUT2D eigenvalue weighted by Gasteiger charge is 2.34. The molecule has 1 saturated carbocycles. The van der Waals surface area contributed by atoms with Crippen LogP contribution in [0.4, 0.5) is 0 Å². The highest BCUT2D eigenvalue weighted by atomic mass is 16.2. The quantitative estimate of drug-likeness (QED) is 0.878. The van der Waals surface area contributed by atoms with Gasteiger partial charge in [0.2, 0.25) is 5.91 Å². The van der Waals surface area contributed by atoms with Gasteiger partial charge in [-0.3, -0.25) is 14.5 Å². The molecule has 2 fully saturated rings. The minimum absolute atomic E-state index is 0.143. The summed E-state index contributed by atoms with van der Waals surface area (Å²) in [6, 6.07) is 7.87. The van der Waals surface area contributed by atoms with Crippen LogP contribution in [0.25, 0.3) is 10.9 Å². The molecular weight excluding hydrogens is 290 g/mol. The van der Waals surface area contributed by atoms with Crippen LogP contribution in [-0.2, 0) is 4.79 Å². The number of ketones is 1. The van der Waals surface area contributed by atoms with E-state index in [4.69, 9.17) is 0 Å². The predicted molar refractivity (Wildman–Crippen MR) is 88.4 cm³/mol. The number of amides is 1. The number of Topliss-reactive ketones (excluding diaryl/α,β-unsaturated/α-hetero) is 1. The number of hydrogen-bond donors (Lipinski definition) is 1. The molecule has 2 heterocycles. The van der Waals surface area contributed by atoms with E-state index in [1.165, 1.54) is 0 Å². The molecule has 1 aliphatic carbocycles. The molecule has 0 unspecified atom stereocenters. The fraction of sp³-hybridized carbons (Fsp3) is 0.444. The molecule has 2 aliphatic rings. The van der Waals surface area contributed by atoms with Crippen LogP contribution in [-0.4, -0.2) is 59.2 Å². The number of hydrogen-bond acceptors (Lipinski definition) is 3. The van der Waals surface area contributed by atoms with E-state index in [1.807, 2.05) is 29.2 Å². The van der Waals surface area contributed by atoms with Crippen LogP contribution in [0.1, 0.15) is 23.2 Å². The van der Waals surface area contributed by atoms with Crippen LogP contribution in [0.3, 0.4) is 0 Å². The van der Waals surface area contributed by atoms with E-state index in [0.29, 0.717) is 12.5 Å². The van der Waals surface area contributed by atoms with E-state index in [1.54, 1.807) is 6.20 Å². The summed E-state index contributed by atoms with van der Waals surface area (Å²) in [4.78, 5) is 31.9. The van der Waals surface area contributed by atoms with E-state index in [0.717, 1.165) is 55.5 Å². The Labute approximate surface area is 135 Å². The number of benzene rings is 1. The number of carbonyl (C=O) groups is 2. The Morgan fingerprint density at radius 1 is 1.09 bits per heavy atom. The van der Waals surface area contributed by atoms with Crippen LogP contribution >= 0.6 is 0 Å². The molecule has 5 heteroatoms. The van der Waals surface area contributed by atoms with E-state index < -0.39 is 0 Å². The summed E-state index contributed by atoms with van der Waals surface area (Å²) in [6.07, 6.45) is 3.91. The molecule has 1 aliphatic heterocycles. The van der Waals surface area contributed by atoms with Crippen molar-refractivity contribution in [1.29, 1.82) is 0 Å². The maximum absolute atomic E-state index is 12.6. The number of fused-ring (bicyclic) bond motifs is 1. The van der Waals surface area contributed by atoms with Crippen LogP contribution in [0.15, 0.2) is 30.5 Å². The maximum Gasteiger partial charge on any atom is 0.225 e. The van der Waals surface area contributed by atoms with Crippen LogP contribution in [0, 0.1) is 5.92 Å². The summed E-state index contributed by atoms with van der Waals surface area (Å²) in [5, 5.41) is 0.986. The summed E-state index contributed by atoms with van der Waals surface area (Å²) in [5.74, 6) is 0.742. The number of nitrogens with one attached hydrogen (secondary N) is 1. The Bertz CT molecular complexity index is 740. The molecule has 4 rings (SSSR count). The monoisotopic (exact) mass is 311 g/mol. The predicted octanol–water partition coefficient (Wildman–Crippen LogP) is 1.90. The minimum Gasteiger partial charge on any atom is -0.360 e. The first-order chi connectivity index (χ1) is 11.2. The first-order valence-electron chi connectivity index (χ1n) is 8.33. The van der Waals surface area contributed by atoms with Gasteiger partial charge in [-0.15, -0.1) is 0 Å². The smallest absolute Gasteiger partial charge is 0.225 e. The Hall–Kier alpha value is -2.14. The van der Waals surface area contributed by atoms with E-state index in [2.05, 4.69) is 9.88 Å². The molecule has 2 aromatic rings. The van der Waals surface area contributed by atoms with Crippen LogP contribution in [0.5, 0.6) is 0 Å². The van der Waals surface area contributed by atoms with E-state index >= 15 is 0 Å². The van der Waals surface area contributed by atoms with Gasteiger partial charge in [0, 0.05) is 54.8 Å². The van der Waals surface area contributed by atoms with Crippen LogP contribution < -0.4 is 0 Å². The maximum atomic E-state index is 12.6. The largest absolute Gasteiger partial charge is 0.360 e. The number of piperazine rings is 1. The Kier molecular flexibility index (Phi) is 3.65. The fourth-order valence-electron chi connectivity index (χ4n) is 3.31. The molecule has 23 heavy (non-hydrogen) atoms. The number of H-pyrrole nitrogens is 1. The Balaban J connectivity index is 1.37. The SMILES string of the molecule is O=C(CN1CCN(C(=O)C2CC2)CC1)c1c[nH]c2ccccc12. The number of nitrogens with zero attached hydrogens (tertiary/aromatic N) is 2. The molecule has 1 aromatic heterocycles. The van der Waals surface area contributed by atoms with Gasteiger partial charge in [-0.25, -0.2) is 0 Å². The number of rotatable bonds is 4. The Morgan fingerprint density at radius 3 is 2.57 bits per heavy atom. The molecule has 1 N–H and O–H groups in total. The van der Waals surface area contributed by atoms with Gasteiger partial charge in [-0.1, -0.05) is 18.2 Å². The lowest BCUT2D eigenvalue weighted by Crippen LogP contribution is -2.50. The topological polar surface area (TPSA) is 56.4 Å².